The van der Waals surface area contributed by atoms with Crippen molar-refractivity contribution >= 4 is 21.6 Å². The van der Waals surface area contributed by atoms with Gasteiger partial charge in [-0.1, -0.05) is 15.9 Å². The first kappa shape index (κ1) is 13.5. The molecule has 1 aromatic carbocycles. The van der Waals surface area contributed by atoms with Crippen LogP contribution < -0.4 is 5.73 Å². The number of benzene rings is 1. The Morgan fingerprint density at radius 1 is 1.35 bits per heavy atom. The monoisotopic (exact) mass is 337 g/mol. The van der Waals surface area contributed by atoms with E-state index in [1.807, 2.05) is 22.9 Å². The fourth-order valence-electron chi connectivity index (χ4n) is 2.72. The van der Waals surface area contributed by atoms with Crippen molar-refractivity contribution in [3.63, 3.8) is 0 Å². The van der Waals surface area contributed by atoms with Crippen LogP contribution in [0.15, 0.2) is 22.7 Å². The normalized spacial score (nSPS) is 22.3. The number of nitrogens with two attached hydrogens (primary N) is 1. The van der Waals surface area contributed by atoms with Crippen LogP contribution in [-0.4, -0.2) is 33.4 Å². The zero-order valence-electron chi connectivity index (χ0n) is 11.2. The summed E-state index contributed by atoms with van der Waals surface area (Å²) in [6.45, 7) is 0. The fourth-order valence-corrected chi connectivity index (χ4v) is 3.24. The molecule has 1 fully saturated rings. The average molecular weight is 338 g/mol. The third-order valence-electron chi connectivity index (χ3n) is 3.71. The van der Waals surface area contributed by atoms with Crippen LogP contribution in [0.25, 0.3) is 11.4 Å². The second-order valence-corrected chi connectivity index (χ2v) is 5.96. The van der Waals surface area contributed by atoms with Crippen LogP contribution in [0.3, 0.4) is 0 Å². The SMILES string of the molecule is COC1CCC(n2nnnc2-c2cc(N)cc(Br)c2)C1. The Morgan fingerprint density at radius 3 is 2.90 bits per heavy atom. The lowest BCUT2D eigenvalue weighted by Crippen LogP contribution is -2.11. The van der Waals surface area contributed by atoms with E-state index in [4.69, 9.17) is 10.5 Å². The molecule has 2 aromatic rings. The van der Waals surface area contributed by atoms with E-state index in [-0.39, 0.29) is 6.04 Å². The van der Waals surface area contributed by atoms with Crippen LogP contribution >= 0.6 is 15.9 Å². The molecule has 0 radical (unpaired) electrons. The summed E-state index contributed by atoms with van der Waals surface area (Å²) in [6.07, 6.45) is 3.31. The molecule has 2 N–H and O–H groups in total. The largest absolute Gasteiger partial charge is 0.399 e. The molecule has 1 saturated carbocycles. The third-order valence-corrected chi connectivity index (χ3v) is 4.16. The fraction of sp³-hybridized carbons (Fsp3) is 0.462. The van der Waals surface area contributed by atoms with Gasteiger partial charge in [0.1, 0.15) is 0 Å². The first-order valence-corrected chi connectivity index (χ1v) is 7.34. The molecule has 0 spiro atoms. The minimum absolute atomic E-state index is 0.283. The number of rotatable bonds is 3. The molecule has 7 heteroatoms. The minimum atomic E-state index is 0.283. The van der Waals surface area contributed by atoms with Gasteiger partial charge in [-0.2, -0.15) is 0 Å². The summed E-state index contributed by atoms with van der Waals surface area (Å²) >= 11 is 3.45. The molecule has 106 valence electrons. The van der Waals surface area contributed by atoms with Crippen LogP contribution in [0.4, 0.5) is 5.69 Å². The topological polar surface area (TPSA) is 78.8 Å². The summed E-state index contributed by atoms with van der Waals surface area (Å²) < 4.78 is 8.22. The Bertz CT molecular complexity index is 594. The maximum Gasteiger partial charge on any atom is 0.182 e. The Kier molecular flexibility index (Phi) is 3.71. The quantitative estimate of drug-likeness (QED) is 0.870. The molecule has 0 amide bonds. The second kappa shape index (κ2) is 5.49. The van der Waals surface area contributed by atoms with Crippen LogP contribution in [0.5, 0.6) is 0 Å². The van der Waals surface area contributed by atoms with Crippen molar-refractivity contribution in [2.24, 2.45) is 0 Å². The molecular formula is C13H16BrN5O. The van der Waals surface area contributed by atoms with Gasteiger partial charge in [-0.05, 0) is 47.9 Å². The highest BCUT2D eigenvalue weighted by molar-refractivity contribution is 9.10. The van der Waals surface area contributed by atoms with Gasteiger partial charge < -0.3 is 10.5 Å². The molecule has 2 unspecified atom stereocenters. The van der Waals surface area contributed by atoms with Gasteiger partial charge in [0.05, 0.1) is 12.1 Å². The maximum absolute atomic E-state index is 5.88. The first-order chi connectivity index (χ1) is 9.67. The van der Waals surface area contributed by atoms with E-state index in [0.717, 1.165) is 35.1 Å². The lowest BCUT2D eigenvalue weighted by Gasteiger charge is -2.13. The molecule has 20 heavy (non-hydrogen) atoms. The minimum Gasteiger partial charge on any atom is -0.399 e. The predicted octanol–water partition coefficient (Wildman–Crippen LogP) is 2.42. The molecule has 3 rings (SSSR count). The number of hydrogen-bond acceptors (Lipinski definition) is 5. The molecule has 1 aliphatic rings. The van der Waals surface area contributed by atoms with Gasteiger partial charge in [0.2, 0.25) is 0 Å². The summed E-state index contributed by atoms with van der Waals surface area (Å²) in [5.74, 6) is 0.750. The zero-order valence-corrected chi connectivity index (χ0v) is 12.7. The molecule has 1 aromatic heterocycles. The van der Waals surface area contributed by atoms with Gasteiger partial charge in [0, 0.05) is 22.8 Å². The van der Waals surface area contributed by atoms with Gasteiger partial charge in [0.15, 0.2) is 5.82 Å². The zero-order chi connectivity index (χ0) is 14.1. The number of ether oxygens (including phenoxy) is 1. The number of hydrogen-bond donors (Lipinski definition) is 1. The lowest BCUT2D eigenvalue weighted by molar-refractivity contribution is 0.105. The van der Waals surface area contributed by atoms with E-state index in [1.165, 1.54) is 0 Å². The van der Waals surface area contributed by atoms with Crippen molar-refractivity contribution in [2.75, 3.05) is 12.8 Å². The summed E-state index contributed by atoms with van der Waals surface area (Å²) in [7, 11) is 1.75. The van der Waals surface area contributed by atoms with Crippen LogP contribution in [0.1, 0.15) is 25.3 Å². The van der Waals surface area contributed by atoms with Crippen LogP contribution in [0.2, 0.25) is 0 Å². The molecule has 0 saturated heterocycles. The summed E-state index contributed by atoms with van der Waals surface area (Å²) in [6, 6.07) is 6.00. The van der Waals surface area contributed by atoms with E-state index < -0.39 is 0 Å². The standard InChI is InChI=1S/C13H16BrN5O/c1-20-12-3-2-11(7-12)19-13(16-17-18-19)8-4-9(14)6-10(15)5-8/h4-6,11-12H,2-3,7,15H2,1H3. The van der Waals surface area contributed by atoms with Gasteiger partial charge in [-0.25, -0.2) is 4.68 Å². The molecule has 2 atom stereocenters. The number of nitrogens with zero attached hydrogens (tertiary/aromatic N) is 4. The number of methoxy groups -OCH3 is 1. The van der Waals surface area contributed by atoms with E-state index in [0.29, 0.717) is 11.8 Å². The maximum atomic E-state index is 5.88. The number of anilines is 1. The van der Waals surface area contributed by atoms with Crippen molar-refractivity contribution in [2.45, 2.75) is 31.4 Å². The van der Waals surface area contributed by atoms with E-state index in [9.17, 15) is 0 Å². The highest BCUT2D eigenvalue weighted by atomic mass is 79.9. The Labute approximate surface area is 125 Å². The summed E-state index contributed by atoms with van der Waals surface area (Å²) in [5, 5.41) is 12.1. The van der Waals surface area contributed by atoms with Crippen molar-refractivity contribution < 1.29 is 4.74 Å². The van der Waals surface area contributed by atoms with Gasteiger partial charge >= 0.3 is 0 Å². The van der Waals surface area contributed by atoms with Gasteiger partial charge in [-0.3, -0.25) is 0 Å². The number of halogens is 1. The summed E-state index contributed by atoms with van der Waals surface area (Å²) in [5.41, 5.74) is 7.49. The number of tetrazole rings is 1. The van der Waals surface area contributed by atoms with E-state index in [1.54, 1.807) is 7.11 Å². The second-order valence-electron chi connectivity index (χ2n) is 5.04. The summed E-state index contributed by atoms with van der Waals surface area (Å²) in [4.78, 5) is 0. The van der Waals surface area contributed by atoms with Crippen molar-refractivity contribution in [3.8, 4) is 11.4 Å². The molecule has 6 nitrogen and oxygen atoms in total. The smallest absolute Gasteiger partial charge is 0.182 e. The predicted molar refractivity (Wildman–Crippen MR) is 79.1 cm³/mol. The van der Waals surface area contributed by atoms with Gasteiger partial charge in [-0.15, -0.1) is 5.10 Å². The van der Waals surface area contributed by atoms with E-state index >= 15 is 0 Å². The molecular weight excluding hydrogens is 322 g/mol. The highest BCUT2D eigenvalue weighted by Crippen LogP contribution is 2.34. The average Bonchev–Trinajstić information content (AvgIpc) is 3.06. The van der Waals surface area contributed by atoms with Crippen molar-refractivity contribution in [1.29, 1.82) is 0 Å². The first-order valence-electron chi connectivity index (χ1n) is 6.54. The highest BCUT2D eigenvalue weighted by Gasteiger charge is 2.28. The van der Waals surface area contributed by atoms with Crippen molar-refractivity contribution in [3.05, 3.63) is 22.7 Å². The Morgan fingerprint density at radius 2 is 2.20 bits per heavy atom. The molecule has 0 bridgehead atoms. The molecule has 1 heterocycles. The number of nitrogen functional groups attached to an aromatic ring is 1. The Balaban J connectivity index is 1.94. The lowest BCUT2D eigenvalue weighted by atomic mass is 10.1. The molecule has 0 aliphatic heterocycles. The number of aromatic nitrogens is 4. The van der Waals surface area contributed by atoms with Crippen molar-refractivity contribution in [1.82, 2.24) is 20.2 Å². The molecule has 1 aliphatic carbocycles. The van der Waals surface area contributed by atoms with E-state index in [2.05, 4.69) is 31.5 Å². The van der Waals surface area contributed by atoms with Crippen LogP contribution in [0, 0.1) is 0 Å². The third kappa shape index (κ3) is 2.55. The van der Waals surface area contributed by atoms with Gasteiger partial charge in [0.25, 0.3) is 0 Å². The Hall–Kier alpha value is -1.47. The van der Waals surface area contributed by atoms with Crippen LogP contribution in [-0.2, 0) is 4.74 Å².